The Morgan fingerprint density at radius 2 is 2.07 bits per heavy atom. The molecular formula is C12H23NO2. The van der Waals surface area contributed by atoms with Gasteiger partial charge in [-0.25, -0.2) is 0 Å². The van der Waals surface area contributed by atoms with Gasteiger partial charge in [-0.3, -0.25) is 9.69 Å². The summed E-state index contributed by atoms with van der Waals surface area (Å²) in [5.74, 6) is 0.126. The van der Waals surface area contributed by atoms with Crippen LogP contribution in [-0.2, 0) is 4.79 Å². The molecule has 1 fully saturated rings. The van der Waals surface area contributed by atoms with Gasteiger partial charge in [0.25, 0.3) is 0 Å². The van der Waals surface area contributed by atoms with Crippen LogP contribution in [0.3, 0.4) is 0 Å². The minimum atomic E-state index is -0.647. The molecule has 1 rings (SSSR count). The Kier molecular flexibility index (Phi) is 5.09. The summed E-state index contributed by atoms with van der Waals surface area (Å²) in [7, 11) is 0. The largest absolute Gasteiger partial charge is 0.480 e. The van der Waals surface area contributed by atoms with Gasteiger partial charge in [0.2, 0.25) is 0 Å². The molecule has 3 heteroatoms. The summed E-state index contributed by atoms with van der Waals surface area (Å²) < 4.78 is 0. The van der Waals surface area contributed by atoms with Crippen LogP contribution in [0.5, 0.6) is 0 Å². The Hall–Kier alpha value is -0.570. The van der Waals surface area contributed by atoms with E-state index in [9.17, 15) is 9.90 Å². The maximum atomic E-state index is 11.2. The van der Waals surface area contributed by atoms with Gasteiger partial charge in [0.05, 0.1) is 0 Å². The predicted octanol–water partition coefficient (Wildman–Crippen LogP) is 2.36. The van der Waals surface area contributed by atoms with Gasteiger partial charge in [-0.15, -0.1) is 0 Å². The Bertz CT molecular complexity index is 202. The molecule has 0 amide bonds. The van der Waals surface area contributed by atoms with Gasteiger partial charge in [-0.05, 0) is 38.1 Å². The molecular weight excluding hydrogens is 190 g/mol. The normalized spacial score (nSPS) is 18.1. The second-order valence-corrected chi connectivity index (χ2v) is 4.58. The molecule has 0 aromatic carbocycles. The van der Waals surface area contributed by atoms with E-state index in [2.05, 4.69) is 18.7 Å². The molecule has 1 saturated carbocycles. The van der Waals surface area contributed by atoms with Gasteiger partial charge < -0.3 is 5.11 Å². The fourth-order valence-electron chi connectivity index (χ4n) is 2.03. The standard InChI is InChI=1S/C12H23NO2/c1-3-5-11(12(14)15)13(8-4-2)9-10-6-7-10/h10-11H,3-9H2,1-2H3,(H,14,15). The zero-order valence-corrected chi connectivity index (χ0v) is 9.91. The second kappa shape index (κ2) is 6.11. The summed E-state index contributed by atoms with van der Waals surface area (Å²) in [5.41, 5.74) is 0. The molecule has 0 aromatic rings. The van der Waals surface area contributed by atoms with Crippen LogP contribution < -0.4 is 0 Å². The van der Waals surface area contributed by atoms with Crippen molar-refractivity contribution >= 4 is 5.97 Å². The fourth-order valence-corrected chi connectivity index (χ4v) is 2.03. The van der Waals surface area contributed by atoms with Gasteiger partial charge in [0, 0.05) is 6.54 Å². The first-order valence-electron chi connectivity index (χ1n) is 6.15. The molecule has 0 aliphatic heterocycles. The van der Waals surface area contributed by atoms with Gasteiger partial charge in [0.15, 0.2) is 0 Å². The second-order valence-electron chi connectivity index (χ2n) is 4.58. The first-order valence-corrected chi connectivity index (χ1v) is 6.15. The monoisotopic (exact) mass is 213 g/mol. The molecule has 0 saturated heterocycles. The molecule has 0 radical (unpaired) electrons. The highest BCUT2D eigenvalue weighted by molar-refractivity contribution is 5.73. The topological polar surface area (TPSA) is 40.5 Å². The average molecular weight is 213 g/mol. The Labute approximate surface area is 92.5 Å². The van der Waals surface area contributed by atoms with E-state index in [1.165, 1.54) is 12.8 Å². The number of carboxylic acid groups (broad SMARTS) is 1. The summed E-state index contributed by atoms with van der Waals surface area (Å²) in [6.07, 6.45) is 5.35. The van der Waals surface area contributed by atoms with Crippen LogP contribution in [0.4, 0.5) is 0 Å². The van der Waals surface area contributed by atoms with E-state index in [0.717, 1.165) is 38.3 Å². The van der Waals surface area contributed by atoms with Crippen LogP contribution in [0.2, 0.25) is 0 Å². The first kappa shape index (κ1) is 12.5. The highest BCUT2D eigenvalue weighted by Gasteiger charge is 2.30. The third-order valence-corrected chi connectivity index (χ3v) is 2.99. The summed E-state index contributed by atoms with van der Waals surface area (Å²) in [4.78, 5) is 13.3. The molecule has 1 aliphatic rings. The molecule has 3 nitrogen and oxygen atoms in total. The number of hydrogen-bond donors (Lipinski definition) is 1. The SMILES string of the molecule is CCCC(C(=O)O)N(CCC)CC1CC1. The van der Waals surface area contributed by atoms with E-state index in [1.807, 2.05) is 0 Å². The number of hydrogen-bond acceptors (Lipinski definition) is 2. The molecule has 1 aliphatic carbocycles. The lowest BCUT2D eigenvalue weighted by Gasteiger charge is -2.28. The van der Waals surface area contributed by atoms with Crippen LogP contribution in [0.15, 0.2) is 0 Å². The molecule has 1 atom stereocenters. The summed E-state index contributed by atoms with van der Waals surface area (Å²) >= 11 is 0. The predicted molar refractivity (Wildman–Crippen MR) is 60.9 cm³/mol. The van der Waals surface area contributed by atoms with E-state index in [0.29, 0.717) is 0 Å². The van der Waals surface area contributed by atoms with Crippen LogP contribution in [0.1, 0.15) is 46.0 Å². The van der Waals surface area contributed by atoms with Crippen molar-refractivity contribution in [3.63, 3.8) is 0 Å². The highest BCUT2D eigenvalue weighted by atomic mass is 16.4. The molecule has 0 spiro atoms. The van der Waals surface area contributed by atoms with Crippen molar-refractivity contribution in [3.8, 4) is 0 Å². The summed E-state index contributed by atoms with van der Waals surface area (Å²) in [6.45, 7) is 6.08. The van der Waals surface area contributed by atoms with Crippen molar-refractivity contribution in [2.75, 3.05) is 13.1 Å². The van der Waals surface area contributed by atoms with Gasteiger partial charge in [-0.2, -0.15) is 0 Å². The Morgan fingerprint density at radius 3 is 2.47 bits per heavy atom. The molecule has 1 unspecified atom stereocenters. The quantitative estimate of drug-likeness (QED) is 0.673. The third kappa shape index (κ3) is 4.20. The Balaban J connectivity index is 2.50. The summed E-state index contributed by atoms with van der Waals surface area (Å²) in [5, 5.41) is 9.19. The van der Waals surface area contributed by atoms with E-state index in [-0.39, 0.29) is 6.04 Å². The van der Waals surface area contributed by atoms with Crippen LogP contribution in [0.25, 0.3) is 0 Å². The number of carboxylic acids is 1. The van der Waals surface area contributed by atoms with Crippen LogP contribution >= 0.6 is 0 Å². The zero-order chi connectivity index (χ0) is 11.3. The molecule has 88 valence electrons. The number of aliphatic carboxylic acids is 1. The minimum absolute atomic E-state index is 0.254. The van der Waals surface area contributed by atoms with E-state index in [1.54, 1.807) is 0 Å². The van der Waals surface area contributed by atoms with Crippen molar-refractivity contribution in [2.24, 2.45) is 5.92 Å². The van der Waals surface area contributed by atoms with Crippen molar-refractivity contribution in [1.29, 1.82) is 0 Å². The molecule has 0 aromatic heterocycles. The number of nitrogens with zero attached hydrogens (tertiary/aromatic N) is 1. The Morgan fingerprint density at radius 1 is 1.40 bits per heavy atom. The lowest BCUT2D eigenvalue weighted by Crippen LogP contribution is -2.42. The maximum absolute atomic E-state index is 11.2. The van der Waals surface area contributed by atoms with E-state index < -0.39 is 5.97 Å². The van der Waals surface area contributed by atoms with Gasteiger partial charge >= 0.3 is 5.97 Å². The highest BCUT2D eigenvalue weighted by Crippen LogP contribution is 2.30. The number of rotatable bonds is 8. The maximum Gasteiger partial charge on any atom is 0.320 e. The van der Waals surface area contributed by atoms with Gasteiger partial charge in [-0.1, -0.05) is 20.3 Å². The minimum Gasteiger partial charge on any atom is -0.480 e. The van der Waals surface area contributed by atoms with E-state index >= 15 is 0 Å². The van der Waals surface area contributed by atoms with Crippen molar-refractivity contribution in [2.45, 2.75) is 52.0 Å². The van der Waals surface area contributed by atoms with Crippen LogP contribution in [-0.4, -0.2) is 35.1 Å². The van der Waals surface area contributed by atoms with Crippen molar-refractivity contribution < 1.29 is 9.90 Å². The smallest absolute Gasteiger partial charge is 0.320 e. The average Bonchev–Trinajstić information content (AvgIpc) is 2.97. The molecule has 0 bridgehead atoms. The number of carbonyl (C=O) groups is 1. The third-order valence-electron chi connectivity index (χ3n) is 2.99. The zero-order valence-electron chi connectivity index (χ0n) is 9.91. The molecule has 0 heterocycles. The van der Waals surface area contributed by atoms with Gasteiger partial charge in [0.1, 0.15) is 6.04 Å². The first-order chi connectivity index (χ1) is 7.19. The summed E-state index contributed by atoms with van der Waals surface area (Å²) in [6, 6.07) is -0.254. The lowest BCUT2D eigenvalue weighted by atomic mass is 10.1. The van der Waals surface area contributed by atoms with E-state index in [4.69, 9.17) is 0 Å². The van der Waals surface area contributed by atoms with Crippen molar-refractivity contribution in [1.82, 2.24) is 4.90 Å². The molecule has 1 N–H and O–H groups in total. The fraction of sp³-hybridized carbons (Fsp3) is 0.917. The van der Waals surface area contributed by atoms with Crippen molar-refractivity contribution in [3.05, 3.63) is 0 Å². The van der Waals surface area contributed by atoms with Crippen LogP contribution in [0, 0.1) is 5.92 Å². The molecule has 15 heavy (non-hydrogen) atoms. The lowest BCUT2D eigenvalue weighted by molar-refractivity contribution is -0.143.